The fourth-order valence-electron chi connectivity index (χ4n) is 0.904. The van der Waals surface area contributed by atoms with Gasteiger partial charge in [0, 0.05) is 21.2 Å². The van der Waals surface area contributed by atoms with Gasteiger partial charge in [-0.3, -0.25) is 0 Å². The molecule has 0 amide bonds. The van der Waals surface area contributed by atoms with Crippen LogP contribution in [-0.4, -0.2) is 20.1 Å². The molecule has 0 heterocycles. The number of rotatable bonds is 2. The second kappa shape index (κ2) is 4.28. The quantitative estimate of drug-likeness (QED) is 0.815. The number of methoxy groups -OCH3 is 1. The predicted octanol–water partition coefficient (Wildman–Crippen LogP) is 2.28. The normalized spacial score (nSPS) is 13.8. The van der Waals surface area contributed by atoms with Crippen LogP contribution in [0.1, 0.15) is 14.5 Å². The molecule has 0 saturated heterocycles. The van der Waals surface area contributed by atoms with Crippen molar-refractivity contribution in [3.8, 4) is 0 Å². The standard InChI is InChI=1S/C9H10BrNO2/c1-11-8-4-3-6(10)5-7(8)9(12)13-2/h3-5,11H,1-2H3/i1D3. The molecule has 0 spiro atoms. The third-order valence-corrected chi connectivity index (χ3v) is 2.01. The van der Waals surface area contributed by atoms with E-state index in [0.29, 0.717) is 4.47 Å². The number of esters is 1. The lowest BCUT2D eigenvalue weighted by molar-refractivity contribution is 0.0602. The summed E-state index contributed by atoms with van der Waals surface area (Å²) in [5.74, 6) is -0.590. The Bertz CT molecular complexity index is 406. The Labute approximate surface area is 89.4 Å². The summed E-state index contributed by atoms with van der Waals surface area (Å²) in [6.07, 6.45) is 0. The molecule has 0 aliphatic heterocycles. The Morgan fingerprint density at radius 3 is 3.08 bits per heavy atom. The van der Waals surface area contributed by atoms with Crippen molar-refractivity contribution in [3.63, 3.8) is 0 Å². The highest BCUT2D eigenvalue weighted by atomic mass is 79.9. The summed E-state index contributed by atoms with van der Waals surface area (Å²) in [4.78, 5) is 11.4. The minimum absolute atomic E-state index is 0.174. The first-order valence-electron chi connectivity index (χ1n) is 4.99. The monoisotopic (exact) mass is 246 g/mol. The summed E-state index contributed by atoms with van der Waals surface area (Å²) in [6.45, 7) is -2.35. The van der Waals surface area contributed by atoms with Crippen LogP contribution >= 0.6 is 15.9 Å². The summed E-state index contributed by atoms with van der Waals surface area (Å²) in [5.41, 5.74) is 0.392. The Morgan fingerprint density at radius 1 is 1.69 bits per heavy atom. The van der Waals surface area contributed by atoms with Crippen LogP contribution in [-0.2, 0) is 4.74 Å². The zero-order chi connectivity index (χ0) is 12.3. The van der Waals surface area contributed by atoms with Gasteiger partial charge in [0.25, 0.3) is 0 Å². The summed E-state index contributed by atoms with van der Waals surface area (Å²) in [7, 11) is 1.24. The van der Waals surface area contributed by atoms with Crippen molar-refractivity contribution in [1.29, 1.82) is 0 Å². The van der Waals surface area contributed by atoms with Gasteiger partial charge in [0.05, 0.1) is 12.7 Å². The van der Waals surface area contributed by atoms with Crippen LogP contribution in [0.5, 0.6) is 0 Å². The first-order chi connectivity index (χ1) is 7.33. The topological polar surface area (TPSA) is 38.3 Å². The van der Waals surface area contributed by atoms with Gasteiger partial charge in [-0.05, 0) is 18.2 Å². The summed E-state index contributed by atoms with van der Waals surface area (Å²) in [5, 5.41) is 2.27. The van der Waals surface area contributed by atoms with Gasteiger partial charge >= 0.3 is 5.97 Å². The highest BCUT2D eigenvalue weighted by Gasteiger charge is 2.10. The molecule has 0 bridgehead atoms. The largest absolute Gasteiger partial charge is 0.465 e. The zero-order valence-electron chi connectivity index (χ0n) is 9.93. The van der Waals surface area contributed by atoms with Crippen LogP contribution in [0.4, 0.5) is 5.69 Å². The molecule has 0 saturated carbocycles. The second-order valence-electron chi connectivity index (χ2n) is 2.31. The second-order valence-corrected chi connectivity index (χ2v) is 3.22. The van der Waals surface area contributed by atoms with Gasteiger partial charge in [0.1, 0.15) is 0 Å². The van der Waals surface area contributed by atoms with Crippen LogP contribution in [0.3, 0.4) is 0 Å². The molecule has 1 rings (SSSR count). The van der Waals surface area contributed by atoms with E-state index in [4.69, 9.17) is 4.11 Å². The zero-order valence-corrected chi connectivity index (χ0v) is 8.51. The number of hydrogen-bond donors (Lipinski definition) is 1. The number of anilines is 1. The van der Waals surface area contributed by atoms with Gasteiger partial charge in [-0.1, -0.05) is 15.9 Å². The maximum Gasteiger partial charge on any atom is 0.340 e. The number of carbonyl (C=O) groups is 1. The van der Waals surface area contributed by atoms with Crippen molar-refractivity contribution >= 4 is 27.6 Å². The number of ether oxygens (including phenoxy) is 1. The molecule has 0 radical (unpaired) electrons. The molecular weight excluding hydrogens is 234 g/mol. The predicted molar refractivity (Wildman–Crippen MR) is 55.0 cm³/mol. The van der Waals surface area contributed by atoms with Gasteiger partial charge in [-0.25, -0.2) is 4.79 Å². The molecule has 1 aromatic carbocycles. The van der Waals surface area contributed by atoms with Crippen molar-refractivity contribution in [2.75, 3.05) is 19.4 Å². The summed E-state index contributed by atoms with van der Waals surface area (Å²) < 4.78 is 26.5. The smallest absolute Gasteiger partial charge is 0.340 e. The van der Waals surface area contributed by atoms with E-state index in [9.17, 15) is 4.79 Å². The van der Waals surface area contributed by atoms with Crippen molar-refractivity contribution in [1.82, 2.24) is 0 Å². The summed E-state index contributed by atoms with van der Waals surface area (Å²) in [6, 6.07) is 4.64. The molecule has 0 fully saturated rings. The SMILES string of the molecule is [2H]C([2H])([2H])Nc1ccc(Br)cc1C(=O)OC. The highest BCUT2D eigenvalue weighted by molar-refractivity contribution is 9.10. The number of benzene rings is 1. The average Bonchev–Trinajstić information content (AvgIpc) is 2.17. The van der Waals surface area contributed by atoms with E-state index >= 15 is 0 Å². The highest BCUT2D eigenvalue weighted by Crippen LogP contribution is 2.21. The molecule has 0 aliphatic carbocycles. The van der Waals surface area contributed by atoms with Crippen LogP contribution in [0, 0.1) is 0 Å². The van der Waals surface area contributed by atoms with Gasteiger partial charge in [-0.15, -0.1) is 0 Å². The minimum atomic E-state index is -2.35. The van der Waals surface area contributed by atoms with Crippen molar-refractivity contribution in [2.45, 2.75) is 0 Å². The molecule has 4 heteroatoms. The van der Waals surface area contributed by atoms with Crippen LogP contribution < -0.4 is 5.32 Å². The number of hydrogen-bond acceptors (Lipinski definition) is 3. The van der Waals surface area contributed by atoms with E-state index in [1.807, 2.05) is 0 Å². The molecule has 0 atom stereocenters. The third-order valence-electron chi connectivity index (χ3n) is 1.52. The van der Waals surface area contributed by atoms with E-state index < -0.39 is 12.9 Å². The van der Waals surface area contributed by atoms with E-state index in [1.165, 1.54) is 19.2 Å². The van der Waals surface area contributed by atoms with Crippen molar-refractivity contribution in [3.05, 3.63) is 28.2 Å². The molecule has 3 nitrogen and oxygen atoms in total. The average molecular weight is 247 g/mol. The molecule has 1 N–H and O–H groups in total. The van der Waals surface area contributed by atoms with E-state index in [2.05, 4.69) is 26.0 Å². The van der Waals surface area contributed by atoms with Gasteiger partial charge in [-0.2, -0.15) is 0 Å². The first kappa shape index (κ1) is 6.43. The Morgan fingerprint density at radius 2 is 2.46 bits per heavy atom. The molecule has 1 aromatic rings. The maximum absolute atomic E-state index is 11.4. The molecular formula is C9H10BrNO2. The van der Waals surface area contributed by atoms with Gasteiger partial charge in [0.15, 0.2) is 0 Å². The van der Waals surface area contributed by atoms with E-state index in [0.717, 1.165) is 0 Å². The third kappa shape index (κ3) is 2.21. The number of halogens is 1. The fraction of sp³-hybridized carbons (Fsp3) is 0.222. The lowest BCUT2D eigenvalue weighted by atomic mass is 10.2. The lowest BCUT2D eigenvalue weighted by Crippen LogP contribution is -2.05. The fourth-order valence-corrected chi connectivity index (χ4v) is 1.27. The van der Waals surface area contributed by atoms with E-state index in [1.54, 1.807) is 6.07 Å². The number of nitrogens with one attached hydrogen (secondary N) is 1. The van der Waals surface area contributed by atoms with Crippen LogP contribution in [0.25, 0.3) is 0 Å². The minimum Gasteiger partial charge on any atom is -0.465 e. The van der Waals surface area contributed by atoms with Crippen LogP contribution in [0.2, 0.25) is 0 Å². The molecule has 70 valence electrons. The summed E-state index contributed by atoms with van der Waals surface area (Å²) >= 11 is 3.20. The maximum atomic E-state index is 11.4. The van der Waals surface area contributed by atoms with Crippen molar-refractivity contribution in [2.24, 2.45) is 0 Å². The molecule has 0 aliphatic rings. The molecule has 13 heavy (non-hydrogen) atoms. The molecule has 0 aromatic heterocycles. The number of carbonyl (C=O) groups excluding carboxylic acids is 1. The Hall–Kier alpha value is -1.03. The first-order valence-corrected chi connectivity index (χ1v) is 4.29. The van der Waals surface area contributed by atoms with Gasteiger partial charge < -0.3 is 10.1 Å². The Balaban J connectivity index is 3.13. The van der Waals surface area contributed by atoms with Crippen LogP contribution in [0.15, 0.2) is 22.7 Å². The van der Waals surface area contributed by atoms with Crippen molar-refractivity contribution < 1.29 is 13.6 Å². The van der Waals surface area contributed by atoms with E-state index in [-0.39, 0.29) is 11.3 Å². The molecule has 0 unspecified atom stereocenters. The lowest BCUT2D eigenvalue weighted by Gasteiger charge is -2.06. The van der Waals surface area contributed by atoms with Gasteiger partial charge in [0.2, 0.25) is 0 Å². The Kier molecular flexibility index (Phi) is 2.11.